The monoisotopic (exact) mass is 344 g/mol. The summed E-state index contributed by atoms with van der Waals surface area (Å²) in [5, 5.41) is 0. The van der Waals surface area contributed by atoms with E-state index in [4.69, 9.17) is 9.47 Å². The van der Waals surface area contributed by atoms with Gasteiger partial charge in [-0.2, -0.15) is 0 Å². The number of ether oxygens (including phenoxy) is 2. The second-order valence-electron chi connectivity index (χ2n) is 6.39. The summed E-state index contributed by atoms with van der Waals surface area (Å²) in [6.07, 6.45) is 1.97. The van der Waals surface area contributed by atoms with Crippen LogP contribution in [0, 0.1) is 0 Å². The van der Waals surface area contributed by atoms with Crippen molar-refractivity contribution < 1.29 is 13.7 Å². The number of rotatable bonds is 5. The fraction of sp³-hybridized carbons (Fsp3) is 0.300. The van der Waals surface area contributed by atoms with E-state index in [0.717, 1.165) is 27.5 Å². The molecule has 24 heavy (non-hydrogen) atoms. The largest absolute Gasteiger partial charge is 0.497 e. The Bertz CT molecular complexity index is 723. The standard InChI is InChI=1S/C20H24O3S/c1-20(2,3)24(21)19(16-8-12-18(23-5)13-9-16)14-15-6-10-17(22-4)11-7-15/h6-14H,1-5H3/b19-14+. The highest BCUT2D eigenvalue weighted by atomic mass is 32.2. The van der Waals surface area contributed by atoms with Crippen molar-refractivity contribution in [2.75, 3.05) is 14.2 Å². The van der Waals surface area contributed by atoms with Gasteiger partial charge in [-0.05, 0) is 62.2 Å². The highest BCUT2D eigenvalue weighted by Gasteiger charge is 2.24. The zero-order chi connectivity index (χ0) is 17.7. The maximum atomic E-state index is 13.0. The molecule has 0 bridgehead atoms. The molecule has 0 radical (unpaired) electrons. The molecule has 0 spiro atoms. The van der Waals surface area contributed by atoms with Crippen molar-refractivity contribution in [2.24, 2.45) is 0 Å². The number of hydrogen-bond acceptors (Lipinski definition) is 3. The quantitative estimate of drug-likeness (QED) is 0.734. The summed E-state index contributed by atoms with van der Waals surface area (Å²) in [4.78, 5) is 0.801. The molecule has 0 saturated heterocycles. The molecule has 0 aliphatic rings. The minimum Gasteiger partial charge on any atom is -0.497 e. The molecule has 128 valence electrons. The van der Waals surface area contributed by atoms with E-state index in [2.05, 4.69) is 0 Å². The lowest BCUT2D eigenvalue weighted by molar-refractivity contribution is 0.414. The van der Waals surface area contributed by atoms with Crippen molar-refractivity contribution in [1.29, 1.82) is 0 Å². The van der Waals surface area contributed by atoms with Crippen LogP contribution in [0.25, 0.3) is 11.0 Å². The average molecular weight is 344 g/mol. The molecule has 0 amide bonds. The highest BCUT2D eigenvalue weighted by molar-refractivity contribution is 7.96. The third-order valence-corrected chi connectivity index (χ3v) is 5.41. The van der Waals surface area contributed by atoms with Crippen molar-refractivity contribution in [3.63, 3.8) is 0 Å². The molecule has 0 aromatic heterocycles. The van der Waals surface area contributed by atoms with E-state index in [-0.39, 0.29) is 4.75 Å². The molecule has 0 saturated carbocycles. The first-order valence-corrected chi connectivity index (χ1v) is 8.92. The Morgan fingerprint density at radius 3 is 1.75 bits per heavy atom. The van der Waals surface area contributed by atoms with Crippen LogP contribution in [0.1, 0.15) is 31.9 Å². The van der Waals surface area contributed by atoms with Crippen LogP contribution in [0.5, 0.6) is 11.5 Å². The van der Waals surface area contributed by atoms with Crippen LogP contribution in [0.15, 0.2) is 48.5 Å². The Kier molecular flexibility index (Phi) is 5.84. The Balaban J connectivity index is 2.48. The van der Waals surface area contributed by atoms with Crippen molar-refractivity contribution in [1.82, 2.24) is 0 Å². The predicted molar refractivity (Wildman–Crippen MR) is 102 cm³/mol. The van der Waals surface area contributed by atoms with Crippen LogP contribution in [0.2, 0.25) is 0 Å². The minimum atomic E-state index is -1.15. The van der Waals surface area contributed by atoms with E-state index in [1.165, 1.54) is 0 Å². The van der Waals surface area contributed by atoms with E-state index in [1.54, 1.807) is 14.2 Å². The summed E-state index contributed by atoms with van der Waals surface area (Å²) in [7, 11) is 2.12. The lowest BCUT2D eigenvalue weighted by atomic mass is 10.1. The van der Waals surface area contributed by atoms with Gasteiger partial charge in [0.2, 0.25) is 0 Å². The number of methoxy groups -OCH3 is 2. The smallest absolute Gasteiger partial charge is 0.118 e. The van der Waals surface area contributed by atoms with Gasteiger partial charge in [0.05, 0.1) is 25.0 Å². The first-order valence-electron chi connectivity index (χ1n) is 7.77. The topological polar surface area (TPSA) is 35.5 Å². The lowest BCUT2D eigenvalue weighted by Gasteiger charge is -2.20. The maximum absolute atomic E-state index is 13.0. The van der Waals surface area contributed by atoms with E-state index >= 15 is 0 Å². The minimum absolute atomic E-state index is 0.349. The van der Waals surface area contributed by atoms with E-state index in [9.17, 15) is 4.21 Å². The predicted octanol–water partition coefficient (Wildman–Crippen LogP) is 4.75. The molecule has 0 aliphatic heterocycles. The average Bonchev–Trinajstić information content (AvgIpc) is 2.59. The molecule has 2 aromatic carbocycles. The third kappa shape index (κ3) is 4.48. The summed E-state index contributed by atoms with van der Waals surface area (Å²) in [6.45, 7) is 5.94. The van der Waals surface area contributed by atoms with Crippen LogP contribution in [-0.2, 0) is 10.8 Å². The molecule has 0 aliphatic carbocycles. The summed E-state index contributed by atoms with van der Waals surface area (Å²) in [5.41, 5.74) is 1.92. The van der Waals surface area contributed by atoms with Gasteiger partial charge >= 0.3 is 0 Å². The van der Waals surface area contributed by atoms with Gasteiger partial charge in [0.25, 0.3) is 0 Å². The van der Waals surface area contributed by atoms with Gasteiger partial charge in [0.15, 0.2) is 0 Å². The molecular formula is C20H24O3S. The van der Waals surface area contributed by atoms with Crippen molar-refractivity contribution in [3.8, 4) is 11.5 Å². The summed E-state index contributed by atoms with van der Waals surface area (Å²) >= 11 is 0. The zero-order valence-electron chi connectivity index (χ0n) is 14.8. The maximum Gasteiger partial charge on any atom is 0.118 e. The van der Waals surface area contributed by atoms with E-state index in [0.29, 0.717) is 0 Å². The Morgan fingerprint density at radius 1 is 0.875 bits per heavy atom. The molecule has 3 nitrogen and oxygen atoms in total. The van der Waals surface area contributed by atoms with Crippen LogP contribution < -0.4 is 9.47 Å². The number of benzene rings is 2. The lowest BCUT2D eigenvalue weighted by Crippen LogP contribution is -2.22. The van der Waals surface area contributed by atoms with Gasteiger partial charge in [0.1, 0.15) is 11.5 Å². The van der Waals surface area contributed by atoms with Gasteiger partial charge in [-0.3, -0.25) is 4.21 Å². The van der Waals surface area contributed by atoms with Gasteiger partial charge in [-0.25, -0.2) is 0 Å². The zero-order valence-corrected chi connectivity index (χ0v) is 15.6. The Labute approximate surface area is 146 Å². The second kappa shape index (κ2) is 7.67. The second-order valence-corrected chi connectivity index (χ2v) is 8.59. The molecular weight excluding hydrogens is 320 g/mol. The molecule has 2 rings (SSSR count). The molecule has 0 N–H and O–H groups in total. The fourth-order valence-corrected chi connectivity index (χ4v) is 3.43. The molecule has 2 aromatic rings. The highest BCUT2D eigenvalue weighted by Crippen LogP contribution is 2.30. The third-order valence-electron chi connectivity index (χ3n) is 3.54. The molecule has 0 fully saturated rings. The molecule has 1 atom stereocenters. The first kappa shape index (κ1) is 18.3. The fourth-order valence-electron chi connectivity index (χ4n) is 2.18. The van der Waals surface area contributed by atoms with Crippen molar-refractivity contribution in [2.45, 2.75) is 25.5 Å². The SMILES string of the molecule is COc1ccc(/C=C(\c2ccc(OC)cc2)S(=O)C(C)(C)C)cc1. The van der Waals surface area contributed by atoms with Crippen LogP contribution in [0.4, 0.5) is 0 Å². The van der Waals surface area contributed by atoms with Gasteiger partial charge in [-0.1, -0.05) is 24.3 Å². The van der Waals surface area contributed by atoms with Crippen LogP contribution >= 0.6 is 0 Å². The number of hydrogen-bond donors (Lipinski definition) is 0. The van der Waals surface area contributed by atoms with Crippen LogP contribution in [0.3, 0.4) is 0 Å². The Hall–Kier alpha value is -2.07. The van der Waals surface area contributed by atoms with Gasteiger partial charge < -0.3 is 9.47 Å². The summed E-state index contributed by atoms with van der Waals surface area (Å²) in [6, 6.07) is 15.4. The van der Waals surface area contributed by atoms with Crippen molar-refractivity contribution in [3.05, 3.63) is 59.7 Å². The summed E-state index contributed by atoms with van der Waals surface area (Å²) < 4.78 is 23.1. The molecule has 1 unspecified atom stereocenters. The molecule has 4 heteroatoms. The van der Waals surface area contributed by atoms with Crippen molar-refractivity contribution >= 4 is 21.8 Å². The normalized spacial score (nSPS) is 13.5. The van der Waals surface area contributed by atoms with Crippen LogP contribution in [-0.4, -0.2) is 23.2 Å². The summed E-state index contributed by atoms with van der Waals surface area (Å²) in [5.74, 6) is 1.58. The Morgan fingerprint density at radius 2 is 1.33 bits per heavy atom. The van der Waals surface area contributed by atoms with Gasteiger partial charge in [0, 0.05) is 9.65 Å². The van der Waals surface area contributed by atoms with Gasteiger partial charge in [-0.15, -0.1) is 0 Å². The first-order chi connectivity index (χ1) is 11.3. The van der Waals surface area contributed by atoms with E-state index in [1.807, 2.05) is 75.4 Å². The van der Waals surface area contributed by atoms with E-state index < -0.39 is 10.8 Å². The molecule has 0 heterocycles.